The maximum Gasteiger partial charge on any atom is 0.244 e. The summed E-state index contributed by atoms with van der Waals surface area (Å²) in [5.41, 5.74) is 28.6. The third-order valence-corrected chi connectivity index (χ3v) is 29.3. The predicted octanol–water partition coefficient (Wildman–Crippen LogP) is -7.47. The van der Waals surface area contributed by atoms with E-state index in [-0.39, 0.29) is 129 Å². The van der Waals surface area contributed by atoms with Gasteiger partial charge in [0.2, 0.25) is 106 Å². The van der Waals surface area contributed by atoms with Crippen LogP contribution in [0, 0.1) is 50.7 Å². The van der Waals surface area contributed by atoms with Gasteiger partial charge in [0, 0.05) is 73.7 Å². The number of rotatable bonds is 29. The summed E-state index contributed by atoms with van der Waals surface area (Å²) in [4.78, 5) is 272. The normalized spacial score (nSPS) is 25.8. The van der Waals surface area contributed by atoms with Crippen molar-refractivity contribution in [3.63, 3.8) is 0 Å². The summed E-state index contributed by atoms with van der Waals surface area (Å²) in [6, 6.07) is -17.8. The molecular formula is C84H141N33O18S6. The first-order valence-electron chi connectivity index (χ1n) is 46.4. The number of guanidine groups is 5. The van der Waals surface area contributed by atoms with Gasteiger partial charge < -0.3 is 151 Å². The molecule has 0 aliphatic carbocycles. The number of carbonyl (C=O) groups is 18. The van der Waals surface area contributed by atoms with Crippen LogP contribution in [0.2, 0.25) is 0 Å². The molecule has 6 bridgehead atoms. The van der Waals surface area contributed by atoms with Gasteiger partial charge in [0.1, 0.15) is 96.7 Å². The lowest BCUT2D eigenvalue weighted by Crippen LogP contribution is -2.62. The van der Waals surface area contributed by atoms with Crippen LogP contribution in [0.4, 0.5) is 0 Å². The van der Waals surface area contributed by atoms with E-state index < -0.39 is 298 Å². The van der Waals surface area contributed by atoms with Crippen molar-refractivity contribution in [3.05, 3.63) is 35.9 Å². The Kier molecular flexibility index (Phi) is 53.5. The molecule has 18 amide bonds. The van der Waals surface area contributed by atoms with Crippen LogP contribution in [0.1, 0.15) is 144 Å². The molecule has 786 valence electrons. The van der Waals surface area contributed by atoms with Crippen LogP contribution in [0.15, 0.2) is 30.3 Å². The van der Waals surface area contributed by atoms with E-state index >= 15 is 52.7 Å². The van der Waals surface area contributed by atoms with Gasteiger partial charge in [0.05, 0.1) is 13.1 Å². The molecule has 5 rings (SSSR count). The van der Waals surface area contributed by atoms with Gasteiger partial charge in [-0.15, -0.1) is 0 Å². The largest absolute Gasteiger partial charge is 0.370 e. The van der Waals surface area contributed by atoms with Gasteiger partial charge in [0.15, 0.2) is 29.8 Å². The number of hydrogen-bond donors (Lipinski definition) is 33. The zero-order chi connectivity index (χ0) is 105. The highest BCUT2D eigenvalue weighted by molar-refractivity contribution is 8.77. The Balaban J connectivity index is 1.87. The minimum atomic E-state index is -1.80. The van der Waals surface area contributed by atoms with Crippen LogP contribution in [0.5, 0.6) is 0 Å². The van der Waals surface area contributed by atoms with Crippen molar-refractivity contribution >= 4 is 201 Å². The molecule has 0 aromatic heterocycles. The number of fused-ring (bicyclic) bond motifs is 15. The standard InChI is InChI=1S/C84H141N33O18S6/c1-9-44(8)63-79(135)115-58-39-140-137-36-55(113-71(127)53(32-45-18-11-10-12-19-45)102-60(118)33-100-65(121)47(21-14-26-96-81(87)88)104-69(125)51(30-41(2)3)108-76(58)132)73(129)106-49(23-16-28-98-83(91)92)67(123)110-56-37-138-141-40-59(77(133)117-63)111-68(124)50(24-17-29-99-84(93)94)107-74(130)57-38-139-136-35-54(112-70(126)52(31-42(4)5)109-75(56)131)72(128)105-48(22-15-27-97-82(89)90)66(122)103-46(20-13-25-95-80(85)86)64(120)101-34-61(119)116-62(43(6)7)78(134)114-57/h10-12,18-19,41-44,46-59,62-63H,9,13-17,20-40H2,1-8H3,(H,100,121)(H,101,120)(H,102,118)(H,103,122)(H,104,125)(H,105,128)(H,106,129)(H,107,130)(H,108,132)(H,109,131)(H,110,123)(H,111,124)(H,112,126)(H,113,127)(H,114,134)(H,115,135)(H,116,119)(H,117,133)(H4,85,86,95)(H4,87,88,96)(H4,89,90,97)(H4,91,92,98)(H4,93,94,99)/t44-,46-,47-,48-,49-,50-,51-,52-,53-,54-,55-,56-,57-,58-,59-,62-,63-/m0/s1. The molecule has 57 heteroatoms. The smallest absolute Gasteiger partial charge is 0.244 e. The van der Waals surface area contributed by atoms with Gasteiger partial charge in [-0.25, -0.2) is 0 Å². The molecule has 17 atom stereocenters. The average molecular weight is 2090 g/mol. The number of amides is 18. The van der Waals surface area contributed by atoms with E-state index in [1.54, 1.807) is 85.7 Å². The fourth-order valence-electron chi connectivity index (χ4n) is 14.3. The van der Waals surface area contributed by atoms with Crippen LogP contribution < -0.4 is 151 Å². The molecule has 0 unspecified atom stereocenters. The van der Waals surface area contributed by atoms with Gasteiger partial charge in [-0.3, -0.25) is 113 Å². The maximum absolute atomic E-state index is 15.7. The molecule has 51 nitrogen and oxygen atoms in total. The van der Waals surface area contributed by atoms with Crippen molar-refractivity contribution in [2.24, 2.45) is 52.3 Å². The van der Waals surface area contributed by atoms with Crippen molar-refractivity contribution in [2.75, 3.05) is 80.3 Å². The Morgan fingerprint density at radius 3 is 0.851 bits per heavy atom. The fourth-order valence-corrected chi connectivity index (χ4v) is 21.3. The third-order valence-electron chi connectivity index (χ3n) is 22.1. The van der Waals surface area contributed by atoms with Crippen molar-refractivity contribution in [2.45, 2.75) is 242 Å². The molecule has 4 saturated heterocycles. The van der Waals surface area contributed by atoms with Gasteiger partial charge in [-0.2, -0.15) is 0 Å². The molecule has 0 radical (unpaired) electrons. The molecular weight excluding hydrogens is 1950 g/mol. The molecule has 4 aliphatic heterocycles. The predicted molar refractivity (Wildman–Crippen MR) is 541 cm³/mol. The number of hydrogen-bond acceptors (Lipinski definition) is 29. The van der Waals surface area contributed by atoms with Crippen LogP contribution in [0.3, 0.4) is 0 Å². The summed E-state index contributed by atoms with van der Waals surface area (Å²) in [5.74, 6) is -25.6. The van der Waals surface area contributed by atoms with E-state index in [0.717, 1.165) is 64.8 Å². The summed E-state index contributed by atoms with van der Waals surface area (Å²) in [5, 5.41) is 100. The fraction of sp³-hybridized carbons (Fsp3) is 0.655. The second-order valence-electron chi connectivity index (χ2n) is 35.1. The Morgan fingerprint density at radius 2 is 0.553 bits per heavy atom. The van der Waals surface area contributed by atoms with E-state index in [9.17, 15) is 33.6 Å². The highest BCUT2D eigenvalue weighted by Gasteiger charge is 2.42. The molecule has 4 aliphatic rings. The minimum absolute atomic E-state index is 0.0112. The molecule has 0 spiro atoms. The molecule has 38 N–H and O–H groups in total. The quantitative estimate of drug-likeness (QED) is 0.0153. The van der Waals surface area contributed by atoms with E-state index in [4.69, 9.17) is 55.7 Å². The van der Waals surface area contributed by atoms with E-state index in [2.05, 4.69) is 122 Å². The highest BCUT2D eigenvalue weighted by Crippen LogP contribution is 2.28. The lowest BCUT2D eigenvalue weighted by atomic mass is 9.97. The van der Waals surface area contributed by atoms with Crippen LogP contribution in [-0.2, 0) is 92.7 Å². The minimum Gasteiger partial charge on any atom is -0.370 e. The summed E-state index contributed by atoms with van der Waals surface area (Å²) in [6.45, 7) is 11.5. The van der Waals surface area contributed by atoms with Crippen molar-refractivity contribution in [1.82, 2.24) is 122 Å². The van der Waals surface area contributed by atoms with Crippen LogP contribution >= 0.6 is 64.8 Å². The maximum atomic E-state index is 15.7. The highest BCUT2D eigenvalue weighted by atomic mass is 33.1. The van der Waals surface area contributed by atoms with E-state index in [0.29, 0.717) is 5.56 Å². The van der Waals surface area contributed by atoms with Crippen molar-refractivity contribution in [1.29, 1.82) is 27.0 Å². The van der Waals surface area contributed by atoms with E-state index in [1.165, 1.54) is 0 Å². The molecule has 141 heavy (non-hydrogen) atoms. The van der Waals surface area contributed by atoms with Gasteiger partial charge in [0.25, 0.3) is 0 Å². The number of nitrogens with two attached hydrogens (primary N) is 5. The first-order chi connectivity index (χ1) is 66.8. The van der Waals surface area contributed by atoms with Crippen molar-refractivity contribution < 1.29 is 86.3 Å². The van der Waals surface area contributed by atoms with Crippen LogP contribution in [0.25, 0.3) is 0 Å². The molecule has 4 fully saturated rings. The summed E-state index contributed by atoms with van der Waals surface area (Å²) < 4.78 is 0. The second-order valence-corrected chi connectivity index (χ2v) is 42.7. The first kappa shape index (κ1) is 120. The zero-order valence-corrected chi connectivity index (χ0v) is 85.1. The number of carbonyl (C=O) groups excluding carboxylic acids is 18. The first-order valence-corrected chi connectivity index (χ1v) is 53.9. The summed E-state index contributed by atoms with van der Waals surface area (Å²) in [7, 11) is 5.02. The van der Waals surface area contributed by atoms with Crippen molar-refractivity contribution in [3.8, 4) is 0 Å². The van der Waals surface area contributed by atoms with Gasteiger partial charge in [-0.1, -0.05) is 157 Å². The number of benzene rings is 1. The van der Waals surface area contributed by atoms with Crippen LogP contribution in [-0.4, -0.2) is 313 Å². The summed E-state index contributed by atoms with van der Waals surface area (Å²) in [6.07, 6.45) is -1.57. The third kappa shape index (κ3) is 45.3. The Labute approximate surface area is 841 Å². The summed E-state index contributed by atoms with van der Waals surface area (Å²) >= 11 is 0. The molecule has 4 heterocycles. The molecule has 0 saturated carbocycles. The number of nitrogens with one attached hydrogen (secondary N) is 28. The van der Waals surface area contributed by atoms with E-state index in [1.807, 2.05) is 0 Å². The Hall–Kier alpha value is -11.9. The second kappa shape index (κ2) is 63.1. The molecule has 1 aromatic carbocycles. The van der Waals surface area contributed by atoms with Gasteiger partial charge >= 0.3 is 0 Å². The Bertz CT molecular complexity index is 4500. The lowest BCUT2D eigenvalue weighted by Gasteiger charge is -2.30. The Morgan fingerprint density at radius 1 is 0.305 bits per heavy atom. The average Bonchev–Trinajstić information content (AvgIpc) is 0.843. The SMILES string of the molecule is CC[C@H](C)[C@@H]1NC(=O)[C@@H]2CSSC[C@H](NC(=O)[C@H](CCCNC(=N)N)NC(=O)[C@@H]3CSSC[C@H](NC1=O)C(=O)N[C@@H](CC(C)C)C(=O)N[C@@H](CCCNC(=N)N)C(=O)NCC(=O)N[C@@H](Cc1ccccc1)C(=O)N3)C(=O)N[C@@H](CC(C)C)C(=O)N[C@H]1CSSC[C@H](NC(=O)[C@H](C(C)C)NC(=O)CNC(=O)[C@H](CCCNC(=N)N)NC(=O)[C@H](CCCNC(=N)N)NC1=O)C(=O)N[C@@H](CCCNC(=N)N)C(=O)N2. The van der Waals surface area contributed by atoms with Gasteiger partial charge in [-0.05, 0) is 106 Å². The molecule has 1 aromatic rings. The zero-order valence-electron chi connectivity index (χ0n) is 80.2. The topological polar surface area (TPSA) is 833 Å². The lowest BCUT2D eigenvalue weighted by molar-refractivity contribution is -0.136. The monoisotopic (exact) mass is 2090 g/mol.